The lowest BCUT2D eigenvalue weighted by Gasteiger charge is -2.36. The largest absolute Gasteiger partial charge is 0.482 e. The van der Waals surface area contributed by atoms with Crippen LogP contribution in [0.5, 0.6) is 11.8 Å². The van der Waals surface area contributed by atoms with Gasteiger partial charge in [0.15, 0.2) is 5.75 Å². The molecule has 10 heteroatoms. The molecule has 1 saturated carbocycles. The van der Waals surface area contributed by atoms with E-state index >= 15 is 0 Å². The highest BCUT2D eigenvalue weighted by atomic mass is 35.5. The molecule has 4 heterocycles. The zero-order chi connectivity index (χ0) is 30.6. The first kappa shape index (κ1) is 29.4. The van der Waals surface area contributed by atoms with Crippen molar-refractivity contribution in [2.24, 2.45) is 0 Å². The van der Waals surface area contributed by atoms with Gasteiger partial charge in [0.05, 0.1) is 30.3 Å². The lowest BCUT2D eigenvalue weighted by Crippen LogP contribution is -2.50. The minimum absolute atomic E-state index is 0.0273. The first-order valence-electron chi connectivity index (χ1n) is 15.9. The van der Waals surface area contributed by atoms with Crippen LogP contribution in [0.4, 0.5) is 10.6 Å². The maximum absolute atomic E-state index is 13.0. The molecule has 1 amide bonds. The van der Waals surface area contributed by atoms with Gasteiger partial charge < -0.3 is 28.7 Å². The van der Waals surface area contributed by atoms with Crippen molar-refractivity contribution in [1.82, 2.24) is 14.9 Å². The van der Waals surface area contributed by atoms with Gasteiger partial charge in [-0.2, -0.15) is 9.97 Å². The molecule has 44 heavy (non-hydrogen) atoms. The summed E-state index contributed by atoms with van der Waals surface area (Å²) in [6.45, 7) is 10.3. The number of aromatic nitrogens is 2. The number of benzene rings is 2. The van der Waals surface area contributed by atoms with Gasteiger partial charge in [0.1, 0.15) is 29.1 Å². The molecule has 3 aromatic rings. The molecule has 0 radical (unpaired) electrons. The number of fused-ring (bicyclic) bond motifs is 3. The van der Waals surface area contributed by atoms with Crippen molar-refractivity contribution in [3.05, 3.63) is 52.5 Å². The fraction of sp³-hybridized carbons (Fsp3) is 0.559. The summed E-state index contributed by atoms with van der Waals surface area (Å²) in [4.78, 5) is 27.3. The minimum atomic E-state index is -0.538. The fourth-order valence-corrected chi connectivity index (χ4v) is 6.99. The quantitative estimate of drug-likeness (QED) is 0.278. The van der Waals surface area contributed by atoms with Crippen molar-refractivity contribution in [2.45, 2.75) is 95.6 Å². The van der Waals surface area contributed by atoms with Crippen molar-refractivity contribution in [2.75, 3.05) is 31.2 Å². The summed E-state index contributed by atoms with van der Waals surface area (Å²) < 4.78 is 24.4. The topological polar surface area (TPSA) is 86.3 Å². The van der Waals surface area contributed by atoms with E-state index in [2.05, 4.69) is 23.1 Å². The number of rotatable bonds is 7. The van der Waals surface area contributed by atoms with Crippen LogP contribution in [-0.2, 0) is 9.47 Å². The fourth-order valence-electron chi connectivity index (χ4n) is 6.65. The number of hydrogen-bond acceptors (Lipinski definition) is 8. The molecule has 0 N–H and O–H groups in total. The van der Waals surface area contributed by atoms with Gasteiger partial charge >= 0.3 is 12.1 Å². The predicted octanol–water partition coefficient (Wildman–Crippen LogP) is 7.06. The van der Waals surface area contributed by atoms with E-state index in [-0.39, 0.29) is 30.4 Å². The first-order valence-corrected chi connectivity index (χ1v) is 16.3. The zero-order valence-corrected chi connectivity index (χ0v) is 26.7. The third kappa shape index (κ3) is 5.88. The number of carbonyl (C=O) groups is 1. The van der Waals surface area contributed by atoms with Crippen LogP contribution in [0.25, 0.3) is 10.9 Å². The molecule has 0 spiro atoms. The molecule has 7 rings (SSSR count). The monoisotopic (exact) mass is 620 g/mol. The number of piperazine rings is 1. The Balaban J connectivity index is 1.29. The molecule has 234 valence electrons. The second-order valence-corrected chi connectivity index (χ2v) is 13.9. The molecule has 0 unspecified atom stereocenters. The molecular weight excluding hydrogens is 580 g/mol. The molecule has 3 atom stereocenters. The zero-order valence-electron chi connectivity index (χ0n) is 25.9. The standard InChI is InChI=1S/C34H41ClN4O5/c1-20(21-8-6-5-7-9-21)42-30-28(35)26(22-10-11-22)17-27-29(30)36-32(43-25-12-14-41-15-13-25)37-31(27)38-18-24-16-23(38)19-39(24)33(40)44-34(2,3)4/h5-9,17,20,22-25H,10-16,18-19H2,1-4H3/t20-,23-,24-/m0/s1. The van der Waals surface area contributed by atoms with Gasteiger partial charge in [-0.05, 0) is 70.1 Å². The average molecular weight is 621 g/mol. The van der Waals surface area contributed by atoms with E-state index in [1.807, 2.05) is 50.8 Å². The Labute approximate surface area is 263 Å². The van der Waals surface area contributed by atoms with Crippen molar-refractivity contribution >= 4 is 34.4 Å². The molecule has 1 aliphatic carbocycles. The van der Waals surface area contributed by atoms with Crippen molar-refractivity contribution in [1.29, 1.82) is 0 Å². The van der Waals surface area contributed by atoms with E-state index in [1.54, 1.807) is 0 Å². The van der Waals surface area contributed by atoms with Crippen LogP contribution in [0.15, 0.2) is 36.4 Å². The Morgan fingerprint density at radius 3 is 2.45 bits per heavy atom. The average Bonchev–Trinajstić information content (AvgIpc) is 3.64. The Hall–Kier alpha value is -3.30. The third-order valence-corrected chi connectivity index (χ3v) is 9.42. The lowest BCUT2D eigenvalue weighted by atomic mass is 10.0. The highest BCUT2D eigenvalue weighted by Gasteiger charge is 2.48. The number of ether oxygens (including phenoxy) is 4. The third-order valence-electron chi connectivity index (χ3n) is 9.03. The van der Waals surface area contributed by atoms with Crippen LogP contribution < -0.4 is 14.4 Å². The molecule has 1 aromatic heterocycles. The van der Waals surface area contributed by atoms with Crippen LogP contribution >= 0.6 is 11.6 Å². The van der Waals surface area contributed by atoms with Crippen LogP contribution in [0.3, 0.4) is 0 Å². The Kier molecular flexibility index (Phi) is 7.73. The normalized spacial score (nSPS) is 22.8. The van der Waals surface area contributed by atoms with Gasteiger partial charge in [0, 0.05) is 31.3 Å². The molecule has 4 aliphatic rings. The molecular formula is C34H41ClN4O5. The Bertz CT molecular complexity index is 1540. The summed E-state index contributed by atoms with van der Waals surface area (Å²) >= 11 is 7.17. The summed E-state index contributed by atoms with van der Waals surface area (Å²) in [7, 11) is 0. The number of halogens is 1. The van der Waals surface area contributed by atoms with Crippen LogP contribution in [-0.4, -0.2) is 71.1 Å². The number of carbonyl (C=O) groups excluding carboxylic acids is 1. The molecule has 2 aromatic carbocycles. The summed E-state index contributed by atoms with van der Waals surface area (Å²) in [5.74, 6) is 1.77. The van der Waals surface area contributed by atoms with Gasteiger partial charge in [-0.1, -0.05) is 41.9 Å². The van der Waals surface area contributed by atoms with Crippen LogP contribution in [0, 0.1) is 0 Å². The number of likely N-dealkylation sites (tertiary alicyclic amines) is 1. The van der Waals surface area contributed by atoms with E-state index in [1.165, 1.54) is 0 Å². The maximum Gasteiger partial charge on any atom is 0.410 e. The van der Waals surface area contributed by atoms with Gasteiger partial charge in [-0.3, -0.25) is 0 Å². The second-order valence-electron chi connectivity index (χ2n) is 13.5. The van der Waals surface area contributed by atoms with E-state index in [9.17, 15) is 4.79 Å². The summed E-state index contributed by atoms with van der Waals surface area (Å²) in [6.07, 6.45) is 4.10. The van der Waals surface area contributed by atoms with E-state index in [0.717, 1.165) is 54.4 Å². The summed E-state index contributed by atoms with van der Waals surface area (Å²) in [6, 6.07) is 12.8. The molecule has 3 aliphatic heterocycles. The SMILES string of the molecule is C[C@H](Oc1c(Cl)c(C2CC2)cc2c(N3C[C@@H]4C[C@H]3CN4C(=O)OC(C)(C)C)nc(OC3CCOCC3)nc12)c1ccccc1. The smallest absolute Gasteiger partial charge is 0.410 e. The second kappa shape index (κ2) is 11.6. The van der Waals surface area contributed by atoms with Gasteiger partial charge in [0.25, 0.3) is 0 Å². The number of nitrogens with zero attached hydrogens (tertiary/aromatic N) is 4. The van der Waals surface area contributed by atoms with Gasteiger partial charge in [0.2, 0.25) is 0 Å². The molecule has 2 bridgehead atoms. The number of hydrogen-bond donors (Lipinski definition) is 0. The Morgan fingerprint density at radius 1 is 1.05 bits per heavy atom. The van der Waals surface area contributed by atoms with E-state index in [4.69, 9.17) is 40.5 Å². The summed E-state index contributed by atoms with van der Waals surface area (Å²) in [5, 5.41) is 1.52. The molecule has 3 saturated heterocycles. The van der Waals surface area contributed by atoms with Crippen molar-refractivity contribution < 1.29 is 23.7 Å². The molecule has 4 fully saturated rings. The van der Waals surface area contributed by atoms with E-state index in [0.29, 0.717) is 54.5 Å². The molecule has 9 nitrogen and oxygen atoms in total. The lowest BCUT2D eigenvalue weighted by molar-refractivity contribution is 0.0206. The van der Waals surface area contributed by atoms with Crippen LogP contribution in [0.2, 0.25) is 5.02 Å². The highest BCUT2D eigenvalue weighted by Crippen LogP contribution is 2.51. The van der Waals surface area contributed by atoms with Gasteiger partial charge in [-0.25, -0.2) is 4.79 Å². The number of anilines is 1. The number of amides is 1. The van der Waals surface area contributed by atoms with Gasteiger partial charge in [-0.15, -0.1) is 0 Å². The van der Waals surface area contributed by atoms with Crippen LogP contribution in [0.1, 0.15) is 82.9 Å². The first-order chi connectivity index (χ1) is 21.1. The highest BCUT2D eigenvalue weighted by molar-refractivity contribution is 6.34. The maximum atomic E-state index is 13.0. The van der Waals surface area contributed by atoms with Crippen molar-refractivity contribution in [3.8, 4) is 11.8 Å². The Morgan fingerprint density at radius 2 is 1.80 bits per heavy atom. The summed E-state index contributed by atoms with van der Waals surface area (Å²) in [5.41, 5.74) is 2.25. The van der Waals surface area contributed by atoms with Crippen molar-refractivity contribution in [3.63, 3.8) is 0 Å². The predicted molar refractivity (Wildman–Crippen MR) is 169 cm³/mol. The van der Waals surface area contributed by atoms with E-state index < -0.39 is 5.60 Å². The minimum Gasteiger partial charge on any atom is -0.482 e.